The summed E-state index contributed by atoms with van der Waals surface area (Å²) in [7, 11) is -3.89. The minimum Gasteiger partial charge on any atom is -0.445 e. The van der Waals surface area contributed by atoms with Gasteiger partial charge in [0.05, 0.1) is 4.90 Å². The molecule has 21 heavy (non-hydrogen) atoms. The number of sulfonamides is 1. The van der Waals surface area contributed by atoms with Crippen molar-refractivity contribution in [1.82, 2.24) is 4.72 Å². The van der Waals surface area contributed by atoms with Crippen LogP contribution in [0.1, 0.15) is 18.9 Å². The van der Waals surface area contributed by atoms with Crippen LogP contribution in [-0.2, 0) is 14.8 Å². The summed E-state index contributed by atoms with van der Waals surface area (Å²) >= 11 is 0. The van der Waals surface area contributed by atoms with Crippen molar-refractivity contribution in [1.29, 1.82) is 0 Å². The molecule has 0 bridgehead atoms. The van der Waals surface area contributed by atoms with Crippen LogP contribution in [-0.4, -0.2) is 21.1 Å². The zero-order chi connectivity index (χ0) is 15.7. The molecule has 0 spiro atoms. The monoisotopic (exact) mass is 309 g/mol. The Labute approximate surface area is 125 Å². The van der Waals surface area contributed by atoms with Gasteiger partial charge in [0, 0.05) is 0 Å². The van der Waals surface area contributed by atoms with Crippen LogP contribution in [0.2, 0.25) is 0 Å². The molecule has 1 aromatic rings. The van der Waals surface area contributed by atoms with Gasteiger partial charge < -0.3 is 4.74 Å². The molecule has 1 amide bonds. The molecule has 0 heterocycles. The van der Waals surface area contributed by atoms with Gasteiger partial charge in [-0.05, 0) is 31.6 Å². The highest BCUT2D eigenvalue weighted by molar-refractivity contribution is 7.90. The number of nitrogens with one attached hydrogen (secondary N) is 1. The van der Waals surface area contributed by atoms with Crippen LogP contribution < -0.4 is 4.72 Å². The van der Waals surface area contributed by atoms with Crippen molar-refractivity contribution in [3.05, 3.63) is 54.1 Å². The number of hydrogen-bond donors (Lipinski definition) is 1. The van der Waals surface area contributed by atoms with E-state index < -0.39 is 16.1 Å². The van der Waals surface area contributed by atoms with Gasteiger partial charge in [0.2, 0.25) is 0 Å². The Balaban J connectivity index is 2.52. The molecule has 6 heteroatoms. The third-order valence-corrected chi connectivity index (χ3v) is 3.81. The number of rotatable bonds is 6. The second-order valence-corrected chi connectivity index (χ2v) is 5.96. The van der Waals surface area contributed by atoms with E-state index in [1.807, 2.05) is 30.7 Å². The van der Waals surface area contributed by atoms with Crippen LogP contribution in [0.15, 0.2) is 53.5 Å². The molecule has 0 atom stereocenters. The number of aryl methyl sites for hydroxylation is 1. The van der Waals surface area contributed by atoms with E-state index in [-0.39, 0.29) is 11.5 Å². The molecule has 0 aromatic heterocycles. The summed E-state index contributed by atoms with van der Waals surface area (Å²) in [5.41, 5.74) is 0.932. The zero-order valence-corrected chi connectivity index (χ0v) is 12.9. The molecule has 1 aromatic carbocycles. The molecule has 114 valence electrons. The quantitative estimate of drug-likeness (QED) is 0.820. The molecule has 0 unspecified atom stereocenters. The average Bonchev–Trinajstić information content (AvgIpc) is 2.42. The largest absolute Gasteiger partial charge is 0.445 e. The summed E-state index contributed by atoms with van der Waals surface area (Å²) in [6.45, 7) is 3.85. The fourth-order valence-electron chi connectivity index (χ4n) is 1.39. The van der Waals surface area contributed by atoms with Crippen LogP contribution in [0.3, 0.4) is 0 Å². The highest BCUT2D eigenvalue weighted by Gasteiger charge is 2.17. The van der Waals surface area contributed by atoms with E-state index in [4.69, 9.17) is 4.74 Å². The normalized spacial score (nSPS) is 11.9. The summed E-state index contributed by atoms with van der Waals surface area (Å²) in [6, 6.07) is 6.17. The number of hydrogen-bond acceptors (Lipinski definition) is 4. The molecule has 0 aliphatic heterocycles. The first-order chi connectivity index (χ1) is 9.95. The van der Waals surface area contributed by atoms with Gasteiger partial charge in [0.15, 0.2) is 0 Å². The summed E-state index contributed by atoms with van der Waals surface area (Å²) in [5.74, 6) is 0. The number of carbonyl (C=O) groups is 1. The Bertz CT molecular complexity index is 616. The molecule has 1 rings (SSSR count). The van der Waals surface area contributed by atoms with E-state index in [0.29, 0.717) is 0 Å². The summed E-state index contributed by atoms with van der Waals surface area (Å²) < 4.78 is 30.4. The molecule has 0 aliphatic carbocycles. The number of ether oxygens (including phenoxy) is 1. The Hall–Kier alpha value is -2.08. The van der Waals surface area contributed by atoms with Crippen LogP contribution in [0, 0.1) is 6.92 Å². The molecule has 0 radical (unpaired) electrons. The topological polar surface area (TPSA) is 72.5 Å². The van der Waals surface area contributed by atoms with Crippen molar-refractivity contribution in [3.8, 4) is 0 Å². The molecule has 0 fully saturated rings. The number of carbonyl (C=O) groups excluding carboxylic acids is 1. The van der Waals surface area contributed by atoms with E-state index in [2.05, 4.69) is 0 Å². The standard InChI is InChI=1S/C15H19NO4S/c1-3-4-5-6-7-12-20-15(17)16-21(18,19)14-10-8-13(2)9-11-14/h4-11H,3,12H2,1-2H3,(H,16,17)/b5-4+,7-6+. The maximum atomic E-state index is 11.9. The Morgan fingerprint density at radius 3 is 2.43 bits per heavy atom. The molecular formula is C15H19NO4S. The van der Waals surface area contributed by atoms with Gasteiger partial charge in [-0.2, -0.15) is 0 Å². The van der Waals surface area contributed by atoms with E-state index in [0.717, 1.165) is 12.0 Å². The van der Waals surface area contributed by atoms with Crippen molar-refractivity contribution >= 4 is 16.1 Å². The molecule has 0 aliphatic rings. The minimum atomic E-state index is -3.89. The Morgan fingerprint density at radius 2 is 1.81 bits per heavy atom. The highest BCUT2D eigenvalue weighted by atomic mass is 32.2. The fraction of sp³-hybridized carbons (Fsp3) is 0.267. The lowest BCUT2D eigenvalue weighted by Gasteiger charge is -2.06. The van der Waals surface area contributed by atoms with Crippen LogP contribution >= 0.6 is 0 Å². The van der Waals surface area contributed by atoms with Crippen molar-refractivity contribution in [2.45, 2.75) is 25.2 Å². The lowest BCUT2D eigenvalue weighted by molar-refractivity contribution is 0.165. The molecule has 5 nitrogen and oxygen atoms in total. The van der Waals surface area contributed by atoms with Gasteiger partial charge in [0.25, 0.3) is 10.0 Å². The van der Waals surface area contributed by atoms with Crippen LogP contribution in [0.4, 0.5) is 4.79 Å². The van der Waals surface area contributed by atoms with Gasteiger partial charge >= 0.3 is 6.09 Å². The molecular weight excluding hydrogens is 290 g/mol. The summed E-state index contributed by atoms with van der Waals surface area (Å²) in [4.78, 5) is 11.4. The van der Waals surface area contributed by atoms with Crippen LogP contribution in [0.25, 0.3) is 0 Å². The lowest BCUT2D eigenvalue weighted by atomic mass is 10.2. The zero-order valence-electron chi connectivity index (χ0n) is 12.1. The Kier molecular flexibility index (Phi) is 6.68. The number of amides is 1. The second kappa shape index (κ2) is 8.26. The first-order valence-corrected chi connectivity index (χ1v) is 8.02. The van der Waals surface area contributed by atoms with E-state index in [1.165, 1.54) is 12.1 Å². The molecule has 1 N–H and O–H groups in total. The van der Waals surface area contributed by atoms with E-state index in [9.17, 15) is 13.2 Å². The number of allylic oxidation sites excluding steroid dienone is 3. The second-order valence-electron chi connectivity index (χ2n) is 4.28. The van der Waals surface area contributed by atoms with E-state index in [1.54, 1.807) is 24.3 Å². The van der Waals surface area contributed by atoms with Crippen molar-refractivity contribution in [2.24, 2.45) is 0 Å². The van der Waals surface area contributed by atoms with Crippen LogP contribution in [0.5, 0.6) is 0 Å². The maximum Gasteiger partial charge on any atom is 0.421 e. The maximum absolute atomic E-state index is 11.9. The summed E-state index contributed by atoms with van der Waals surface area (Å²) in [6.07, 6.45) is 7.03. The molecule has 0 saturated heterocycles. The van der Waals surface area contributed by atoms with Gasteiger partial charge in [-0.3, -0.25) is 0 Å². The smallest absolute Gasteiger partial charge is 0.421 e. The van der Waals surface area contributed by atoms with Gasteiger partial charge in [0.1, 0.15) is 6.61 Å². The third kappa shape index (κ3) is 6.27. The molecule has 0 saturated carbocycles. The minimum absolute atomic E-state index is 0.00328. The van der Waals surface area contributed by atoms with Gasteiger partial charge in [-0.15, -0.1) is 0 Å². The number of benzene rings is 1. The predicted octanol–water partition coefficient (Wildman–Crippen LogP) is 2.93. The lowest BCUT2D eigenvalue weighted by Crippen LogP contribution is -2.31. The highest BCUT2D eigenvalue weighted by Crippen LogP contribution is 2.09. The first-order valence-electron chi connectivity index (χ1n) is 6.53. The van der Waals surface area contributed by atoms with Gasteiger partial charge in [-0.25, -0.2) is 17.9 Å². The summed E-state index contributed by atoms with van der Waals surface area (Å²) in [5, 5.41) is 0. The fourth-order valence-corrected chi connectivity index (χ4v) is 2.28. The average molecular weight is 309 g/mol. The van der Waals surface area contributed by atoms with Crippen molar-refractivity contribution < 1.29 is 17.9 Å². The first kappa shape index (κ1) is 17.0. The predicted molar refractivity (Wildman–Crippen MR) is 81.4 cm³/mol. The van der Waals surface area contributed by atoms with E-state index >= 15 is 0 Å². The third-order valence-electron chi connectivity index (χ3n) is 2.48. The van der Waals surface area contributed by atoms with Gasteiger partial charge in [-0.1, -0.05) is 42.8 Å². The Morgan fingerprint density at radius 1 is 1.19 bits per heavy atom. The van der Waals surface area contributed by atoms with Crippen molar-refractivity contribution in [2.75, 3.05) is 6.61 Å². The SMILES string of the molecule is CC/C=C/C=C/COC(=O)NS(=O)(=O)c1ccc(C)cc1. The van der Waals surface area contributed by atoms with Crippen molar-refractivity contribution in [3.63, 3.8) is 0 Å².